The van der Waals surface area contributed by atoms with Crippen LogP contribution in [-0.4, -0.2) is 34.1 Å². The quantitative estimate of drug-likeness (QED) is 0.827. The number of hydrogen-bond acceptors (Lipinski definition) is 2. The molecule has 0 aromatic carbocycles. The maximum atomic E-state index is 12.6. The molecule has 19 heavy (non-hydrogen) atoms. The smallest absolute Gasteiger partial charge is 0.318 e. The molecule has 4 nitrogen and oxygen atoms in total. The lowest BCUT2D eigenvalue weighted by Gasteiger charge is -2.54. The van der Waals surface area contributed by atoms with Crippen LogP contribution in [0.2, 0.25) is 0 Å². The van der Waals surface area contributed by atoms with Gasteiger partial charge in [-0.3, -0.25) is 0 Å². The Bertz CT molecular complexity index is 303. The van der Waals surface area contributed by atoms with E-state index in [4.69, 9.17) is 5.73 Å². The number of carbonyl (C=O) groups excluding carboxylic acids is 1. The number of carbonyl (C=O) groups is 1. The Hall–Kier alpha value is -0.770. The fourth-order valence-corrected chi connectivity index (χ4v) is 3.64. The molecule has 0 aromatic rings. The molecule has 1 heterocycles. The molecule has 0 aliphatic carbocycles. The number of rotatable bonds is 3. The first-order valence-corrected chi connectivity index (χ1v) is 7.50. The summed E-state index contributed by atoms with van der Waals surface area (Å²) >= 11 is 0. The predicted molar refractivity (Wildman–Crippen MR) is 80.1 cm³/mol. The maximum absolute atomic E-state index is 12.6. The number of nitrogens with one attached hydrogen (secondary N) is 1. The predicted octanol–water partition coefficient (Wildman–Crippen LogP) is 2.86. The second-order valence-corrected chi connectivity index (χ2v) is 7.09. The fourth-order valence-electron chi connectivity index (χ4n) is 3.64. The summed E-state index contributed by atoms with van der Waals surface area (Å²) in [6.45, 7) is 12.7. The molecule has 3 N–H and O–H groups in total. The van der Waals surface area contributed by atoms with Crippen LogP contribution in [0.1, 0.15) is 67.2 Å². The van der Waals surface area contributed by atoms with Gasteiger partial charge in [0, 0.05) is 23.2 Å². The third kappa shape index (κ3) is 3.62. The van der Waals surface area contributed by atoms with Crippen LogP contribution in [0.3, 0.4) is 0 Å². The summed E-state index contributed by atoms with van der Waals surface area (Å²) < 4.78 is 0. The van der Waals surface area contributed by atoms with E-state index in [-0.39, 0.29) is 29.2 Å². The van der Waals surface area contributed by atoms with E-state index in [1.807, 2.05) is 4.90 Å². The zero-order chi connectivity index (χ0) is 14.8. The number of nitrogens with two attached hydrogens (primary N) is 1. The number of amides is 2. The van der Waals surface area contributed by atoms with Crippen LogP contribution in [-0.2, 0) is 0 Å². The van der Waals surface area contributed by atoms with E-state index in [1.165, 1.54) is 0 Å². The van der Waals surface area contributed by atoms with Gasteiger partial charge < -0.3 is 16.0 Å². The van der Waals surface area contributed by atoms with Crippen molar-refractivity contribution in [3.63, 3.8) is 0 Å². The molecule has 1 aliphatic heterocycles. The van der Waals surface area contributed by atoms with Crippen molar-refractivity contribution >= 4 is 6.03 Å². The first-order chi connectivity index (χ1) is 8.64. The van der Waals surface area contributed by atoms with E-state index in [2.05, 4.69) is 46.9 Å². The van der Waals surface area contributed by atoms with Crippen LogP contribution >= 0.6 is 0 Å². The molecular weight excluding hydrogens is 238 g/mol. The molecule has 1 rings (SSSR count). The molecule has 0 spiro atoms. The first kappa shape index (κ1) is 16.3. The highest BCUT2D eigenvalue weighted by Gasteiger charge is 2.47. The third-order valence-corrected chi connectivity index (χ3v) is 4.25. The molecule has 0 bridgehead atoms. The summed E-state index contributed by atoms with van der Waals surface area (Å²) in [7, 11) is 0. The number of hydrogen-bond donors (Lipinski definition) is 2. The molecule has 1 aliphatic rings. The van der Waals surface area contributed by atoms with Crippen molar-refractivity contribution in [1.29, 1.82) is 0 Å². The lowest BCUT2D eigenvalue weighted by atomic mass is 9.77. The van der Waals surface area contributed by atoms with Crippen molar-refractivity contribution < 1.29 is 4.79 Å². The first-order valence-electron chi connectivity index (χ1n) is 7.50. The average Bonchev–Trinajstić information content (AvgIpc) is 2.21. The summed E-state index contributed by atoms with van der Waals surface area (Å²) in [5, 5.41) is 3.16. The van der Waals surface area contributed by atoms with Crippen molar-refractivity contribution in [3.8, 4) is 0 Å². The Morgan fingerprint density at radius 3 is 2.00 bits per heavy atom. The second-order valence-electron chi connectivity index (χ2n) is 7.09. The molecule has 1 saturated heterocycles. The Kier molecular flexibility index (Phi) is 4.88. The zero-order valence-electron chi connectivity index (χ0n) is 13.4. The molecule has 0 saturated carbocycles. The van der Waals surface area contributed by atoms with Gasteiger partial charge in [-0.15, -0.1) is 0 Å². The van der Waals surface area contributed by atoms with Crippen molar-refractivity contribution in [1.82, 2.24) is 10.2 Å². The minimum atomic E-state index is -0.197. The van der Waals surface area contributed by atoms with Gasteiger partial charge in [0.1, 0.15) is 0 Å². The molecule has 4 heteroatoms. The van der Waals surface area contributed by atoms with Crippen molar-refractivity contribution in [2.75, 3.05) is 0 Å². The third-order valence-electron chi connectivity index (χ3n) is 4.25. The summed E-state index contributed by atoms with van der Waals surface area (Å²) in [4.78, 5) is 14.6. The highest BCUT2D eigenvalue weighted by molar-refractivity contribution is 5.76. The Morgan fingerprint density at radius 1 is 1.21 bits per heavy atom. The van der Waals surface area contributed by atoms with Crippen LogP contribution in [0.25, 0.3) is 0 Å². The molecule has 0 aromatic heterocycles. The Labute approximate surface area is 118 Å². The van der Waals surface area contributed by atoms with E-state index < -0.39 is 0 Å². The largest absolute Gasteiger partial charge is 0.335 e. The van der Waals surface area contributed by atoms with Gasteiger partial charge in [-0.05, 0) is 53.4 Å². The zero-order valence-corrected chi connectivity index (χ0v) is 13.4. The van der Waals surface area contributed by atoms with Gasteiger partial charge in [-0.25, -0.2) is 4.79 Å². The van der Waals surface area contributed by atoms with Crippen LogP contribution in [0.4, 0.5) is 4.79 Å². The minimum Gasteiger partial charge on any atom is -0.335 e. The SMILES string of the molecule is CCC(CC)NC(=O)N1C(C)(C)CC(N)CC1(C)C. The molecule has 2 amide bonds. The van der Waals surface area contributed by atoms with Gasteiger partial charge in [-0.1, -0.05) is 13.8 Å². The van der Waals surface area contributed by atoms with E-state index in [0.29, 0.717) is 0 Å². The van der Waals surface area contributed by atoms with Gasteiger partial charge in [0.25, 0.3) is 0 Å². The van der Waals surface area contributed by atoms with E-state index in [9.17, 15) is 4.79 Å². The lowest BCUT2D eigenvalue weighted by Crippen LogP contribution is -2.67. The van der Waals surface area contributed by atoms with Crippen LogP contribution in [0.5, 0.6) is 0 Å². The number of piperidine rings is 1. The van der Waals surface area contributed by atoms with E-state index >= 15 is 0 Å². The minimum absolute atomic E-state index is 0.0515. The molecule has 112 valence electrons. The summed E-state index contributed by atoms with van der Waals surface area (Å²) in [5.74, 6) is 0. The molecule has 1 fully saturated rings. The standard InChI is InChI=1S/C15H31N3O/c1-7-12(8-2)17-13(19)18-14(3,4)9-11(16)10-15(18,5)6/h11-12H,7-10,16H2,1-6H3,(H,17,19). The summed E-state index contributed by atoms with van der Waals surface area (Å²) in [6.07, 6.45) is 3.65. The molecule has 0 atom stereocenters. The van der Waals surface area contributed by atoms with Gasteiger partial charge in [0.15, 0.2) is 0 Å². The van der Waals surface area contributed by atoms with E-state index in [1.54, 1.807) is 0 Å². The molecule has 0 unspecified atom stereocenters. The highest BCUT2D eigenvalue weighted by atomic mass is 16.2. The van der Waals surface area contributed by atoms with Gasteiger partial charge in [-0.2, -0.15) is 0 Å². The van der Waals surface area contributed by atoms with Crippen LogP contribution < -0.4 is 11.1 Å². The normalized spacial score (nSPS) is 22.6. The van der Waals surface area contributed by atoms with E-state index in [0.717, 1.165) is 25.7 Å². The van der Waals surface area contributed by atoms with Crippen molar-refractivity contribution in [2.24, 2.45) is 5.73 Å². The second kappa shape index (κ2) is 5.70. The van der Waals surface area contributed by atoms with Crippen molar-refractivity contribution in [3.05, 3.63) is 0 Å². The number of nitrogens with zero attached hydrogens (tertiary/aromatic N) is 1. The summed E-state index contributed by atoms with van der Waals surface area (Å²) in [6, 6.07) is 0.479. The van der Waals surface area contributed by atoms with Crippen LogP contribution in [0, 0.1) is 0 Å². The average molecular weight is 269 g/mol. The van der Waals surface area contributed by atoms with Crippen LogP contribution in [0.15, 0.2) is 0 Å². The Balaban J connectivity index is 2.91. The van der Waals surface area contributed by atoms with Crippen molar-refractivity contribution in [2.45, 2.75) is 90.4 Å². The molecular formula is C15H31N3O. The summed E-state index contributed by atoms with van der Waals surface area (Å²) in [5.41, 5.74) is 5.75. The lowest BCUT2D eigenvalue weighted by molar-refractivity contribution is 0.00200. The monoisotopic (exact) mass is 269 g/mol. The fraction of sp³-hybridized carbons (Fsp3) is 0.933. The highest BCUT2D eigenvalue weighted by Crippen LogP contribution is 2.37. The van der Waals surface area contributed by atoms with Gasteiger partial charge >= 0.3 is 6.03 Å². The Morgan fingerprint density at radius 2 is 1.63 bits per heavy atom. The number of likely N-dealkylation sites (tertiary alicyclic amines) is 1. The van der Waals surface area contributed by atoms with Gasteiger partial charge in [0.2, 0.25) is 0 Å². The van der Waals surface area contributed by atoms with Gasteiger partial charge in [0.05, 0.1) is 0 Å². The number of urea groups is 1. The maximum Gasteiger partial charge on any atom is 0.318 e. The topological polar surface area (TPSA) is 58.4 Å². The molecule has 0 radical (unpaired) electrons.